The average Bonchev–Trinajstić information content (AvgIpc) is 2.30. The number of hydrogen-bond donors (Lipinski definition) is 1. The molecule has 1 aliphatic carbocycles. The zero-order valence-corrected chi connectivity index (χ0v) is 10.9. The van der Waals surface area contributed by atoms with Crippen LogP contribution in [0.25, 0.3) is 0 Å². The first kappa shape index (κ1) is 12.7. The van der Waals surface area contributed by atoms with Gasteiger partial charge in [-0.1, -0.05) is 31.4 Å². The van der Waals surface area contributed by atoms with Crippen molar-refractivity contribution in [2.75, 3.05) is 11.9 Å². The lowest BCUT2D eigenvalue weighted by Crippen LogP contribution is -2.20. The molecule has 0 amide bonds. The summed E-state index contributed by atoms with van der Waals surface area (Å²) in [5.74, 6) is 1.28. The molecule has 1 aliphatic rings. The zero-order chi connectivity index (χ0) is 12.3. The lowest BCUT2D eigenvalue weighted by Gasteiger charge is -2.26. The lowest BCUT2D eigenvalue weighted by atomic mass is 9.83. The van der Waals surface area contributed by atoms with Crippen LogP contribution in [0.15, 0.2) is 18.2 Å². The lowest BCUT2D eigenvalue weighted by molar-refractivity contribution is 0.300. The first-order valence-corrected chi connectivity index (χ1v) is 6.72. The molecule has 94 valence electrons. The van der Waals surface area contributed by atoms with Crippen molar-refractivity contribution in [1.29, 1.82) is 0 Å². The van der Waals surface area contributed by atoms with Crippen LogP contribution in [0.5, 0.6) is 0 Å². The maximum atomic E-state index is 13.5. The summed E-state index contributed by atoms with van der Waals surface area (Å²) in [6.07, 6.45) is 5.11. The molecule has 0 bridgehead atoms. The monoisotopic (exact) mass is 255 g/mol. The van der Waals surface area contributed by atoms with E-state index >= 15 is 0 Å². The minimum Gasteiger partial charge on any atom is -0.382 e. The fourth-order valence-electron chi connectivity index (χ4n) is 2.42. The Balaban J connectivity index is 1.85. The number of nitrogens with one attached hydrogen (secondary N) is 1. The van der Waals surface area contributed by atoms with Crippen LogP contribution >= 0.6 is 11.6 Å². The maximum absolute atomic E-state index is 13.5. The SMILES string of the molecule is CC1CCC(CNc2ccc(Cl)cc2F)CC1. The molecule has 1 fully saturated rings. The first-order valence-electron chi connectivity index (χ1n) is 6.34. The van der Waals surface area contributed by atoms with Crippen molar-refractivity contribution in [3.63, 3.8) is 0 Å². The molecular weight excluding hydrogens is 237 g/mol. The summed E-state index contributed by atoms with van der Waals surface area (Å²) in [4.78, 5) is 0. The largest absolute Gasteiger partial charge is 0.382 e. The minimum absolute atomic E-state index is 0.262. The van der Waals surface area contributed by atoms with E-state index in [1.165, 1.54) is 31.7 Å². The summed E-state index contributed by atoms with van der Waals surface area (Å²) in [5.41, 5.74) is 0.563. The highest BCUT2D eigenvalue weighted by molar-refractivity contribution is 6.30. The Kier molecular flexibility index (Phi) is 4.27. The van der Waals surface area contributed by atoms with Crippen molar-refractivity contribution < 1.29 is 4.39 Å². The van der Waals surface area contributed by atoms with E-state index in [4.69, 9.17) is 11.6 Å². The van der Waals surface area contributed by atoms with Crippen LogP contribution in [0.3, 0.4) is 0 Å². The Labute approximate surface area is 107 Å². The molecule has 1 nitrogen and oxygen atoms in total. The van der Waals surface area contributed by atoms with E-state index in [-0.39, 0.29) is 5.82 Å². The Bertz CT molecular complexity index is 372. The van der Waals surface area contributed by atoms with Gasteiger partial charge in [0.25, 0.3) is 0 Å². The van der Waals surface area contributed by atoms with Gasteiger partial charge in [-0.2, -0.15) is 0 Å². The van der Waals surface area contributed by atoms with Gasteiger partial charge in [0.15, 0.2) is 0 Å². The minimum atomic E-state index is -0.262. The molecule has 1 saturated carbocycles. The summed E-state index contributed by atoms with van der Waals surface area (Å²) in [6.45, 7) is 3.17. The quantitative estimate of drug-likeness (QED) is 0.824. The second kappa shape index (κ2) is 5.72. The predicted molar refractivity (Wildman–Crippen MR) is 71.0 cm³/mol. The molecular formula is C14H19ClFN. The van der Waals surface area contributed by atoms with Crippen molar-refractivity contribution in [3.8, 4) is 0 Å². The predicted octanol–water partition coefficient (Wildman–Crippen LogP) is 4.72. The molecule has 0 atom stereocenters. The third kappa shape index (κ3) is 3.60. The number of anilines is 1. The van der Waals surface area contributed by atoms with Crippen molar-refractivity contribution in [2.24, 2.45) is 11.8 Å². The summed E-state index contributed by atoms with van der Waals surface area (Å²) < 4.78 is 13.5. The summed E-state index contributed by atoms with van der Waals surface area (Å²) in [7, 11) is 0. The molecule has 0 aromatic heterocycles. The molecule has 0 spiro atoms. The molecule has 17 heavy (non-hydrogen) atoms. The summed E-state index contributed by atoms with van der Waals surface area (Å²) in [5, 5.41) is 3.64. The first-order chi connectivity index (χ1) is 8.15. The number of rotatable bonds is 3. The van der Waals surface area contributed by atoms with E-state index in [0.717, 1.165) is 12.5 Å². The fourth-order valence-corrected chi connectivity index (χ4v) is 2.58. The normalized spacial score (nSPS) is 24.6. The molecule has 2 rings (SSSR count). The van der Waals surface area contributed by atoms with Gasteiger partial charge < -0.3 is 5.32 Å². The molecule has 1 aromatic carbocycles. The topological polar surface area (TPSA) is 12.0 Å². The number of hydrogen-bond acceptors (Lipinski definition) is 1. The third-order valence-electron chi connectivity index (χ3n) is 3.65. The van der Waals surface area contributed by atoms with Gasteiger partial charge in [-0.15, -0.1) is 0 Å². The van der Waals surface area contributed by atoms with Gasteiger partial charge in [0.05, 0.1) is 5.69 Å². The molecule has 3 heteroatoms. The smallest absolute Gasteiger partial charge is 0.147 e. The van der Waals surface area contributed by atoms with E-state index < -0.39 is 0 Å². The van der Waals surface area contributed by atoms with E-state index in [1.807, 2.05) is 0 Å². The second-order valence-electron chi connectivity index (χ2n) is 5.13. The Morgan fingerprint density at radius 3 is 2.65 bits per heavy atom. The van der Waals surface area contributed by atoms with Crippen LogP contribution in [0.2, 0.25) is 5.02 Å². The van der Waals surface area contributed by atoms with Crippen LogP contribution in [0.4, 0.5) is 10.1 Å². The van der Waals surface area contributed by atoms with Crippen LogP contribution < -0.4 is 5.32 Å². The van der Waals surface area contributed by atoms with E-state index in [0.29, 0.717) is 16.6 Å². The van der Waals surface area contributed by atoms with E-state index in [9.17, 15) is 4.39 Å². The number of halogens is 2. The molecule has 1 aromatic rings. The van der Waals surface area contributed by atoms with E-state index in [2.05, 4.69) is 12.2 Å². The van der Waals surface area contributed by atoms with Crippen molar-refractivity contribution in [1.82, 2.24) is 0 Å². The molecule has 0 radical (unpaired) electrons. The Hall–Kier alpha value is -0.760. The van der Waals surface area contributed by atoms with E-state index in [1.54, 1.807) is 12.1 Å². The van der Waals surface area contributed by atoms with Crippen molar-refractivity contribution >= 4 is 17.3 Å². The average molecular weight is 256 g/mol. The Morgan fingerprint density at radius 1 is 1.29 bits per heavy atom. The standard InChI is InChI=1S/C14H19ClFN/c1-10-2-4-11(5-3-10)9-17-14-7-6-12(15)8-13(14)16/h6-8,10-11,17H,2-5,9H2,1H3. The van der Waals surface area contributed by atoms with Gasteiger partial charge in [-0.25, -0.2) is 4.39 Å². The highest BCUT2D eigenvalue weighted by Gasteiger charge is 2.18. The zero-order valence-electron chi connectivity index (χ0n) is 10.2. The van der Waals surface area contributed by atoms with Gasteiger partial charge in [0.2, 0.25) is 0 Å². The van der Waals surface area contributed by atoms with Crippen LogP contribution in [-0.2, 0) is 0 Å². The Morgan fingerprint density at radius 2 is 2.00 bits per heavy atom. The van der Waals surface area contributed by atoms with Gasteiger partial charge in [0, 0.05) is 11.6 Å². The molecule has 0 saturated heterocycles. The number of benzene rings is 1. The highest BCUT2D eigenvalue weighted by Crippen LogP contribution is 2.28. The van der Waals surface area contributed by atoms with Crippen LogP contribution in [0, 0.1) is 17.7 Å². The van der Waals surface area contributed by atoms with Gasteiger partial charge in [0.1, 0.15) is 5.82 Å². The van der Waals surface area contributed by atoms with Crippen molar-refractivity contribution in [2.45, 2.75) is 32.6 Å². The van der Waals surface area contributed by atoms with Crippen LogP contribution in [0.1, 0.15) is 32.6 Å². The maximum Gasteiger partial charge on any atom is 0.147 e. The van der Waals surface area contributed by atoms with Gasteiger partial charge in [-0.05, 0) is 42.9 Å². The molecule has 1 N–H and O–H groups in total. The molecule has 0 aliphatic heterocycles. The summed E-state index contributed by atoms with van der Waals surface area (Å²) >= 11 is 5.71. The second-order valence-corrected chi connectivity index (χ2v) is 5.57. The van der Waals surface area contributed by atoms with Crippen LogP contribution in [-0.4, -0.2) is 6.54 Å². The fraction of sp³-hybridized carbons (Fsp3) is 0.571. The highest BCUT2D eigenvalue weighted by atomic mass is 35.5. The molecule has 0 unspecified atom stereocenters. The van der Waals surface area contributed by atoms with Gasteiger partial charge in [-0.3, -0.25) is 0 Å². The molecule has 0 heterocycles. The summed E-state index contributed by atoms with van der Waals surface area (Å²) in [6, 6.07) is 4.78. The van der Waals surface area contributed by atoms with Gasteiger partial charge >= 0.3 is 0 Å². The van der Waals surface area contributed by atoms with Crippen molar-refractivity contribution in [3.05, 3.63) is 29.0 Å². The third-order valence-corrected chi connectivity index (χ3v) is 3.88.